The number of rotatable bonds is 8. The minimum absolute atomic E-state index is 0.0248. The van der Waals surface area contributed by atoms with Crippen molar-refractivity contribution in [3.8, 4) is 0 Å². The second kappa shape index (κ2) is 12.6. The Hall–Kier alpha value is -2.39. The summed E-state index contributed by atoms with van der Waals surface area (Å²) >= 11 is 0. The maximum atomic E-state index is 11.3. The molecular formula is C31H38O7. The SMILES string of the molecule is C=C[C@H]1[C@H](C)[C@H]2CO[C@H](O2)[C@H]1OCc1ccccc1.C[C@H]1[C@H](C=O)[C@H](OCc2ccccc2)[C@@H]2OC[C@H]1O2. The van der Waals surface area contributed by atoms with Gasteiger partial charge in [-0.05, 0) is 23.0 Å². The summed E-state index contributed by atoms with van der Waals surface area (Å²) in [6, 6.07) is 20.1. The summed E-state index contributed by atoms with van der Waals surface area (Å²) in [7, 11) is 0. The van der Waals surface area contributed by atoms with Crippen LogP contribution in [0.25, 0.3) is 0 Å². The first-order valence-electron chi connectivity index (χ1n) is 13.5. The van der Waals surface area contributed by atoms with Crippen molar-refractivity contribution in [2.45, 2.75) is 64.1 Å². The Morgan fingerprint density at radius 3 is 1.66 bits per heavy atom. The topological polar surface area (TPSA) is 72.5 Å². The highest BCUT2D eigenvalue weighted by Crippen LogP contribution is 2.39. The summed E-state index contributed by atoms with van der Waals surface area (Å²) in [5, 5.41) is 0. The summed E-state index contributed by atoms with van der Waals surface area (Å²) in [5.74, 6) is 0.652. The van der Waals surface area contributed by atoms with Crippen LogP contribution in [0.2, 0.25) is 0 Å². The maximum Gasteiger partial charge on any atom is 0.184 e. The van der Waals surface area contributed by atoms with Gasteiger partial charge in [0.1, 0.15) is 18.5 Å². The van der Waals surface area contributed by atoms with Gasteiger partial charge in [-0.2, -0.15) is 0 Å². The van der Waals surface area contributed by atoms with Crippen LogP contribution in [0.3, 0.4) is 0 Å². The molecule has 0 radical (unpaired) electrons. The predicted molar refractivity (Wildman–Crippen MR) is 141 cm³/mol. The van der Waals surface area contributed by atoms with Crippen molar-refractivity contribution in [1.82, 2.24) is 0 Å². The van der Waals surface area contributed by atoms with Gasteiger partial charge in [0.15, 0.2) is 12.6 Å². The van der Waals surface area contributed by atoms with Crippen LogP contribution in [0, 0.1) is 23.7 Å². The van der Waals surface area contributed by atoms with E-state index in [1.54, 1.807) is 0 Å². The summed E-state index contributed by atoms with van der Waals surface area (Å²) in [6.45, 7) is 10.4. The van der Waals surface area contributed by atoms with E-state index in [1.807, 2.05) is 61.5 Å². The van der Waals surface area contributed by atoms with Crippen LogP contribution in [-0.2, 0) is 46.4 Å². The molecule has 0 aromatic heterocycles. The average Bonchev–Trinajstić information content (AvgIpc) is 3.60. The Morgan fingerprint density at radius 1 is 0.763 bits per heavy atom. The number of carbonyl (C=O) groups is 1. The Labute approximate surface area is 225 Å². The summed E-state index contributed by atoms with van der Waals surface area (Å²) in [5.41, 5.74) is 2.25. The third kappa shape index (κ3) is 5.93. The largest absolute Gasteiger partial charge is 0.368 e. The van der Waals surface area contributed by atoms with Crippen LogP contribution in [0.5, 0.6) is 0 Å². The highest BCUT2D eigenvalue weighted by molar-refractivity contribution is 5.55. The number of benzene rings is 2. The van der Waals surface area contributed by atoms with E-state index in [-0.39, 0.29) is 48.5 Å². The Balaban J connectivity index is 0.000000155. The Morgan fingerprint density at radius 2 is 1.21 bits per heavy atom. The highest BCUT2D eigenvalue weighted by atomic mass is 16.7. The first-order chi connectivity index (χ1) is 18.6. The lowest BCUT2D eigenvalue weighted by Gasteiger charge is -2.38. The number of carbonyl (C=O) groups excluding carboxylic acids is 1. The first kappa shape index (κ1) is 27.2. The Bertz CT molecular complexity index is 948. The van der Waals surface area contributed by atoms with E-state index in [0.717, 1.165) is 17.4 Å². The molecule has 0 aliphatic carbocycles. The lowest BCUT2D eigenvalue weighted by atomic mass is 9.83. The molecule has 0 spiro atoms. The third-order valence-electron chi connectivity index (χ3n) is 8.15. The van der Waals surface area contributed by atoms with E-state index in [9.17, 15) is 4.79 Å². The van der Waals surface area contributed by atoms with Gasteiger partial charge in [0.2, 0.25) is 0 Å². The molecule has 4 saturated heterocycles. The number of hydrogen-bond acceptors (Lipinski definition) is 7. The number of hydrogen-bond donors (Lipinski definition) is 0. The lowest BCUT2D eigenvalue weighted by Crippen LogP contribution is -2.47. The van der Waals surface area contributed by atoms with Crippen molar-refractivity contribution in [1.29, 1.82) is 0 Å². The van der Waals surface area contributed by atoms with Gasteiger partial charge in [-0.3, -0.25) is 0 Å². The van der Waals surface area contributed by atoms with E-state index >= 15 is 0 Å². The second-order valence-electron chi connectivity index (χ2n) is 10.5. The monoisotopic (exact) mass is 522 g/mol. The molecule has 0 N–H and O–H groups in total. The van der Waals surface area contributed by atoms with Crippen molar-refractivity contribution in [2.24, 2.45) is 23.7 Å². The van der Waals surface area contributed by atoms with Crippen LogP contribution in [0.15, 0.2) is 73.3 Å². The molecule has 2 aromatic carbocycles. The molecule has 4 aliphatic heterocycles. The van der Waals surface area contributed by atoms with Gasteiger partial charge in [0.25, 0.3) is 0 Å². The zero-order chi connectivity index (χ0) is 26.5. The lowest BCUT2D eigenvalue weighted by molar-refractivity contribution is -0.209. The Kier molecular flexibility index (Phi) is 9.05. The van der Waals surface area contributed by atoms with Crippen LogP contribution in [0.1, 0.15) is 25.0 Å². The summed E-state index contributed by atoms with van der Waals surface area (Å²) < 4.78 is 34.8. The van der Waals surface area contributed by atoms with Crippen molar-refractivity contribution in [3.63, 3.8) is 0 Å². The van der Waals surface area contributed by atoms with E-state index in [0.29, 0.717) is 32.3 Å². The van der Waals surface area contributed by atoms with Gasteiger partial charge >= 0.3 is 0 Å². The minimum Gasteiger partial charge on any atom is -0.368 e. The molecular weight excluding hydrogens is 484 g/mol. The molecule has 2 aromatic rings. The molecule has 4 bridgehead atoms. The van der Waals surface area contributed by atoms with Gasteiger partial charge in [-0.25, -0.2) is 0 Å². The smallest absolute Gasteiger partial charge is 0.184 e. The van der Waals surface area contributed by atoms with Crippen LogP contribution < -0.4 is 0 Å². The van der Waals surface area contributed by atoms with Crippen molar-refractivity contribution in [3.05, 3.63) is 84.4 Å². The molecule has 6 rings (SSSR count). The van der Waals surface area contributed by atoms with Crippen LogP contribution >= 0.6 is 0 Å². The summed E-state index contributed by atoms with van der Waals surface area (Å²) in [4.78, 5) is 11.3. The molecule has 4 heterocycles. The zero-order valence-corrected chi connectivity index (χ0v) is 22.1. The molecule has 38 heavy (non-hydrogen) atoms. The molecule has 4 aliphatic rings. The van der Waals surface area contributed by atoms with Crippen molar-refractivity contribution < 1.29 is 33.2 Å². The molecule has 0 unspecified atom stereocenters. The molecule has 7 heteroatoms. The van der Waals surface area contributed by atoms with Crippen LogP contribution in [0.4, 0.5) is 0 Å². The van der Waals surface area contributed by atoms with E-state index in [2.05, 4.69) is 25.6 Å². The van der Waals surface area contributed by atoms with Gasteiger partial charge in [-0.15, -0.1) is 6.58 Å². The first-order valence-corrected chi connectivity index (χ1v) is 13.5. The number of fused-ring (bicyclic) bond motifs is 4. The molecule has 10 atom stereocenters. The molecule has 7 nitrogen and oxygen atoms in total. The zero-order valence-electron chi connectivity index (χ0n) is 22.1. The van der Waals surface area contributed by atoms with E-state index < -0.39 is 6.29 Å². The van der Waals surface area contributed by atoms with Gasteiger partial charge in [0.05, 0.1) is 44.6 Å². The molecule has 204 valence electrons. The minimum atomic E-state index is -0.403. The fourth-order valence-corrected chi connectivity index (χ4v) is 5.70. The summed E-state index contributed by atoms with van der Waals surface area (Å²) in [6.07, 6.45) is 2.15. The van der Waals surface area contributed by atoms with E-state index in [1.165, 1.54) is 0 Å². The van der Waals surface area contributed by atoms with E-state index in [4.69, 9.17) is 28.4 Å². The fraction of sp³-hybridized carbons (Fsp3) is 0.516. The fourth-order valence-electron chi connectivity index (χ4n) is 5.70. The van der Waals surface area contributed by atoms with Gasteiger partial charge < -0.3 is 33.2 Å². The maximum absolute atomic E-state index is 11.3. The molecule has 0 saturated carbocycles. The predicted octanol–water partition coefficient (Wildman–Crippen LogP) is 4.54. The molecule has 0 amide bonds. The average molecular weight is 523 g/mol. The van der Waals surface area contributed by atoms with Gasteiger partial charge in [0, 0.05) is 5.92 Å². The quantitative estimate of drug-likeness (QED) is 0.372. The number of ether oxygens (including phenoxy) is 6. The van der Waals surface area contributed by atoms with Gasteiger partial charge in [-0.1, -0.05) is 80.6 Å². The highest BCUT2D eigenvalue weighted by Gasteiger charge is 2.49. The molecule has 4 fully saturated rings. The second-order valence-corrected chi connectivity index (χ2v) is 10.5. The normalized spacial score (nSPS) is 37.2. The van der Waals surface area contributed by atoms with Crippen molar-refractivity contribution >= 4 is 6.29 Å². The number of aldehydes is 1. The van der Waals surface area contributed by atoms with Crippen molar-refractivity contribution in [2.75, 3.05) is 13.2 Å². The third-order valence-corrected chi connectivity index (χ3v) is 8.15. The van der Waals surface area contributed by atoms with Crippen LogP contribution in [-0.4, -0.2) is 56.5 Å². The standard InChI is InChI=1S/C16H20O3.C15H18O4/c1-3-13-11(2)14-10-18-16(19-14)15(13)17-9-12-7-5-4-6-8-12;1-10-12(7-16)14(15-18-9-13(10)19-15)17-8-11-5-3-2-4-6-11/h3-8,11,13-16H,1,9-10H2,2H3;2-7,10,12-15H,8-9H2,1H3/t11-,13-,14+,15-,16+;10-,12-,13+,14-,15+/m00/s1.